The average molecular weight is 487 g/mol. The van der Waals surface area contributed by atoms with Gasteiger partial charge in [-0.3, -0.25) is 9.59 Å². The molecule has 0 radical (unpaired) electrons. The first kappa shape index (κ1) is 25.4. The van der Waals surface area contributed by atoms with Gasteiger partial charge in [-0.15, -0.1) is 6.58 Å². The Morgan fingerprint density at radius 1 is 0.886 bits per heavy atom. The van der Waals surface area contributed by atoms with Crippen molar-refractivity contribution in [3.8, 4) is 0 Å². The smallest absolute Gasteiger partial charge is 0.309 e. The second-order valence-electron chi connectivity index (χ2n) is 14.2. The first-order valence-corrected chi connectivity index (χ1v) is 14.0. The molecule has 3 N–H and O–H groups in total. The minimum atomic E-state index is -0.796. The highest BCUT2D eigenvalue weighted by Crippen LogP contribution is 2.77. The van der Waals surface area contributed by atoms with Gasteiger partial charge in [-0.1, -0.05) is 33.8 Å². The zero-order valence-corrected chi connectivity index (χ0v) is 22.3. The Hall–Kier alpha value is -1.20. The van der Waals surface area contributed by atoms with Crippen LogP contribution in [0.4, 0.5) is 0 Å². The van der Waals surface area contributed by atoms with Gasteiger partial charge in [-0.2, -0.15) is 0 Å². The lowest BCUT2D eigenvalue weighted by Gasteiger charge is -2.73. The Labute approximate surface area is 210 Å². The van der Waals surface area contributed by atoms with Crippen LogP contribution < -0.4 is 0 Å². The van der Waals surface area contributed by atoms with Gasteiger partial charge >= 0.3 is 5.97 Å². The van der Waals surface area contributed by atoms with E-state index in [-0.39, 0.29) is 45.7 Å². The van der Waals surface area contributed by atoms with E-state index in [2.05, 4.69) is 34.3 Å². The standard InChI is InChI=1S/C30H46O5/c1-7-26(3)21-11-12-29(6)22(27(21,4)16-20(32)24(26)33)9-8-19-23-18(17(2)31)10-13-30(23,25(34)35)15-14-28(19,29)5/h7,18-24,32-33H,1,8-16H2,2-6H3,(H,34,35). The van der Waals surface area contributed by atoms with E-state index < -0.39 is 29.0 Å². The summed E-state index contributed by atoms with van der Waals surface area (Å²) < 4.78 is 0. The number of Topliss-reactive ketones (excluding diaryl/α,β-unsaturated/α-hetero) is 1. The molecule has 0 amide bonds. The highest BCUT2D eigenvalue weighted by atomic mass is 16.4. The molecule has 0 saturated heterocycles. The van der Waals surface area contributed by atoms with Crippen LogP contribution in [-0.4, -0.2) is 39.3 Å². The summed E-state index contributed by atoms with van der Waals surface area (Å²) in [6.45, 7) is 15.0. The summed E-state index contributed by atoms with van der Waals surface area (Å²) in [5, 5.41) is 32.5. The molecule has 0 aromatic heterocycles. The third kappa shape index (κ3) is 2.89. The zero-order chi connectivity index (χ0) is 25.8. The first-order chi connectivity index (χ1) is 16.2. The SMILES string of the molecule is C=CC1(C)C(O)C(O)CC2(C)C1CCC1(C)C2CCC2C3C(C(C)=O)CCC3(C(=O)O)CCC21C. The summed E-state index contributed by atoms with van der Waals surface area (Å²) in [5.41, 5.74) is -1.45. The monoisotopic (exact) mass is 486 g/mol. The fourth-order valence-electron chi connectivity index (χ4n) is 11.5. The Balaban J connectivity index is 1.58. The second-order valence-corrected chi connectivity index (χ2v) is 14.2. The fourth-order valence-corrected chi connectivity index (χ4v) is 11.5. The van der Waals surface area contributed by atoms with Crippen LogP contribution in [0.25, 0.3) is 0 Å². The van der Waals surface area contributed by atoms with Crippen LogP contribution in [-0.2, 0) is 9.59 Å². The third-order valence-electron chi connectivity index (χ3n) is 13.5. The van der Waals surface area contributed by atoms with E-state index in [4.69, 9.17) is 0 Å². The number of aliphatic hydroxyl groups is 2. The van der Waals surface area contributed by atoms with Crippen LogP contribution in [0.5, 0.6) is 0 Å². The minimum absolute atomic E-state index is 0.000147. The molecule has 0 bridgehead atoms. The molecule has 5 aliphatic carbocycles. The zero-order valence-electron chi connectivity index (χ0n) is 22.3. The molecule has 0 aromatic carbocycles. The Morgan fingerprint density at radius 2 is 1.57 bits per heavy atom. The predicted molar refractivity (Wildman–Crippen MR) is 134 cm³/mol. The van der Waals surface area contributed by atoms with Gasteiger partial charge in [-0.25, -0.2) is 0 Å². The fraction of sp³-hybridized carbons (Fsp3) is 0.867. The predicted octanol–water partition coefficient (Wildman–Crippen LogP) is 5.24. The number of hydrogen-bond donors (Lipinski definition) is 3. The van der Waals surface area contributed by atoms with Gasteiger partial charge in [0.1, 0.15) is 5.78 Å². The van der Waals surface area contributed by atoms with E-state index in [9.17, 15) is 24.9 Å². The molecule has 0 heterocycles. The molecule has 5 aliphatic rings. The van der Waals surface area contributed by atoms with Gasteiger partial charge in [0.2, 0.25) is 0 Å². The number of carbonyl (C=O) groups excluding carboxylic acids is 1. The Bertz CT molecular complexity index is 945. The molecule has 12 atom stereocenters. The highest BCUT2D eigenvalue weighted by Gasteiger charge is 2.73. The summed E-state index contributed by atoms with van der Waals surface area (Å²) in [5.74, 6) is 0.123. The molecular formula is C30H46O5. The molecule has 5 fully saturated rings. The van der Waals surface area contributed by atoms with Crippen LogP contribution in [0, 0.1) is 56.7 Å². The Kier molecular flexibility index (Phi) is 5.57. The van der Waals surface area contributed by atoms with E-state index in [1.54, 1.807) is 6.92 Å². The van der Waals surface area contributed by atoms with Crippen LogP contribution in [0.2, 0.25) is 0 Å². The number of aliphatic hydroxyl groups excluding tert-OH is 2. The van der Waals surface area contributed by atoms with E-state index in [1.165, 1.54) is 0 Å². The Morgan fingerprint density at radius 3 is 2.17 bits per heavy atom. The van der Waals surface area contributed by atoms with E-state index >= 15 is 0 Å². The lowest BCUT2D eigenvalue weighted by Crippen LogP contribution is -2.68. The van der Waals surface area contributed by atoms with Crippen molar-refractivity contribution >= 4 is 11.8 Å². The number of hydrogen-bond acceptors (Lipinski definition) is 4. The van der Waals surface area contributed by atoms with Gasteiger partial charge in [0.15, 0.2) is 0 Å². The molecule has 5 rings (SSSR count). The minimum Gasteiger partial charge on any atom is -0.481 e. The number of carboxylic acids is 1. The molecule has 5 heteroatoms. The highest BCUT2D eigenvalue weighted by molar-refractivity contribution is 5.83. The molecule has 0 aromatic rings. The van der Waals surface area contributed by atoms with Crippen molar-refractivity contribution in [2.75, 3.05) is 0 Å². The lowest BCUT2D eigenvalue weighted by molar-refractivity contribution is -0.258. The van der Waals surface area contributed by atoms with Crippen molar-refractivity contribution in [2.45, 2.75) is 105 Å². The van der Waals surface area contributed by atoms with Crippen LogP contribution in [0.1, 0.15) is 92.4 Å². The number of fused-ring (bicyclic) bond motifs is 7. The van der Waals surface area contributed by atoms with Gasteiger partial charge in [0.25, 0.3) is 0 Å². The van der Waals surface area contributed by atoms with Crippen molar-refractivity contribution in [3.05, 3.63) is 12.7 Å². The number of rotatable bonds is 3. The molecular weight excluding hydrogens is 440 g/mol. The maximum Gasteiger partial charge on any atom is 0.309 e. The maximum atomic E-state index is 12.8. The quantitative estimate of drug-likeness (QED) is 0.474. The van der Waals surface area contributed by atoms with E-state index in [1.807, 2.05) is 6.08 Å². The van der Waals surface area contributed by atoms with Crippen LogP contribution in [0.15, 0.2) is 12.7 Å². The summed E-state index contributed by atoms with van der Waals surface area (Å²) in [4.78, 5) is 25.5. The van der Waals surface area contributed by atoms with Crippen molar-refractivity contribution in [1.82, 2.24) is 0 Å². The third-order valence-corrected chi connectivity index (χ3v) is 13.5. The lowest BCUT2D eigenvalue weighted by atomic mass is 9.32. The van der Waals surface area contributed by atoms with E-state index in [0.717, 1.165) is 32.1 Å². The van der Waals surface area contributed by atoms with Crippen molar-refractivity contribution in [3.63, 3.8) is 0 Å². The number of aliphatic carboxylic acids is 1. The number of carbonyl (C=O) groups is 2. The van der Waals surface area contributed by atoms with Crippen molar-refractivity contribution in [2.24, 2.45) is 56.7 Å². The molecule has 35 heavy (non-hydrogen) atoms. The average Bonchev–Trinajstić information content (AvgIpc) is 3.19. The largest absolute Gasteiger partial charge is 0.481 e. The normalized spacial score (nSPS) is 57.3. The maximum absolute atomic E-state index is 12.8. The summed E-state index contributed by atoms with van der Waals surface area (Å²) in [6.07, 6.45) is 7.77. The van der Waals surface area contributed by atoms with Crippen LogP contribution >= 0.6 is 0 Å². The summed E-state index contributed by atoms with van der Waals surface area (Å²) in [7, 11) is 0. The number of ketones is 1. The molecule has 0 aliphatic heterocycles. The second kappa shape index (κ2) is 7.66. The molecule has 196 valence electrons. The van der Waals surface area contributed by atoms with Gasteiger partial charge in [0.05, 0.1) is 17.6 Å². The topological polar surface area (TPSA) is 94.8 Å². The molecule has 12 unspecified atom stereocenters. The van der Waals surface area contributed by atoms with E-state index in [0.29, 0.717) is 31.6 Å². The summed E-state index contributed by atoms with van der Waals surface area (Å²) in [6, 6.07) is 0. The van der Waals surface area contributed by atoms with Crippen molar-refractivity contribution in [1.29, 1.82) is 0 Å². The molecule has 0 spiro atoms. The summed E-state index contributed by atoms with van der Waals surface area (Å²) >= 11 is 0. The van der Waals surface area contributed by atoms with Crippen LogP contribution in [0.3, 0.4) is 0 Å². The molecule has 5 saturated carbocycles. The molecule has 5 nitrogen and oxygen atoms in total. The van der Waals surface area contributed by atoms with Gasteiger partial charge in [-0.05, 0) is 105 Å². The number of carboxylic acid groups (broad SMARTS) is 1. The van der Waals surface area contributed by atoms with Crippen molar-refractivity contribution < 1.29 is 24.9 Å². The van der Waals surface area contributed by atoms with Gasteiger partial charge in [0, 0.05) is 11.3 Å². The van der Waals surface area contributed by atoms with Gasteiger partial charge < -0.3 is 15.3 Å². The first-order valence-electron chi connectivity index (χ1n) is 14.0.